The van der Waals surface area contributed by atoms with E-state index >= 15 is 0 Å². The third-order valence-corrected chi connectivity index (χ3v) is 4.95. The van der Waals surface area contributed by atoms with Crippen molar-refractivity contribution in [1.82, 2.24) is 4.90 Å². The molecule has 0 unspecified atom stereocenters. The maximum absolute atomic E-state index is 12.3. The van der Waals surface area contributed by atoms with Crippen LogP contribution >= 0.6 is 0 Å². The first-order valence-electron chi connectivity index (χ1n) is 8.35. The lowest BCUT2D eigenvalue weighted by Crippen LogP contribution is -2.53. The van der Waals surface area contributed by atoms with E-state index in [9.17, 15) is 19.8 Å². The largest absolute Gasteiger partial charge is 0.460 e. The molecule has 24 heavy (non-hydrogen) atoms. The summed E-state index contributed by atoms with van der Waals surface area (Å²) in [6.07, 6.45) is 1.24. The molecule has 0 spiro atoms. The molecule has 136 valence electrons. The molecule has 7 nitrogen and oxygen atoms in total. The topological polar surface area (TPSA) is 96.3 Å². The Kier molecular flexibility index (Phi) is 5.67. The van der Waals surface area contributed by atoms with Gasteiger partial charge in [-0.3, -0.25) is 9.69 Å². The lowest BCUT2D eigenvalue weighted by molar-refractivity contribution is -0.184. The molecule has 0 amide bonds. The number of hydrogen-bond donors (Lipinski definition) is 2. The maximum Gasteiger partial charge on any atom is 0.341 e. The van der Waals surface area contributed by atoms with Gasteiger partial charge < -0.3 is 19.7 Å². The Morgan fingerprint density at radius 2 is 2.08 bits per heavy atom. The van der Waals surface area contributed by atoms with E-state index in [0.717, 1.165) is 25.1 Å². The zero-order chi connectivity index (χ0) is 18.1. The molecule has 0 saturated carbocycles. The number of hydrogen-bond acceptors (Lipinski definition) is 7. The second kappa shape index (κ2) is 7.21. The average molecular weight is 341 g/mol. The Bertz CT molecular complexity index is 519. The van der Waals surface area contributed by atoms with Crippen LogP contribution in [-0.4, -0.2) is 70.6 Å². The number of ether oxygens (including phenoxy) is 2. The van der Waals surface area contributed by atoms with Gasteiger partial charge in [0.2, 0.25) is 0 Å². The highest BCUT2D eigenvalue weighted by atomic mass is 16.6. The Balaban J connectivity index is 2.01. The predicted octanol–water partition coefficient (Wildman–Crippen LogP) is 0.244. The maximum atomic E-state index is 12.3. The van der Waals surface area contributed by atoms with Crippen LogP contribution in [0, 0.1) is 5.92 Å². The van der Waals surface area contributed by atoms with Gasteiger partial charge in [-0.25, -0.2) is 4.79 Å². The van der Waals surface area contributed by atoms with Gasteiger partial charge in [-0.2, -0.15) is 0 Å². The van der Waals surface area contributed by atoms with E-state index in [2.05, 4.69) is 4.90 Å². The standard InChI is InChI=1S/C17H27NO6/c1-10(2)17(22,11(3)19)16(21)23-9-13-5-7-18-8-6-14(15(13)18)24-12(4)20/h5,10-11,14-15,19,22H,6-9H2,1-4H3/t11-,14+,15+,17-/m0/s1. The summed E-state index contributed by atoms with van der Waals surface area (Å²) < 4.78 is 10.6. The van der Waals surface area contributed by atoms with E-state index < -0.39 is 23.6 Å². The zero-order valence-electron chi connectivity index (χ0n) is 14.7. The first-order chi connectivity index (χ1) is 11.2. The Morgan fingerprint density at radius 1 is 1.42 bits per heavy atom. The molecule has 0 aromatic carbocycles. The number of aliphatic hydroxyl groups is 2. The summed E-state index contributed by atoms with van der Waals surface area (Å²) in [5.41, 5.74) is -1.08. The first-order valence-corrected chi connectivity index (χ1v) is 8.35. The van der Waals surface area contributed by atoms with E-state index in [-0.39, 0.29) is 24.7 Å². The van der Waals surface area contributed by atoms with Crippen molar-refractivity contribution in [2.45, 2.75) is 58.0 Å². The number of carbonyl (C=O) groups is 2. The lowest BCUT2D eigenvalue weighted by atomic mass is 9.85. The van der Waals surface area contributed by atoms with Crippen LogP contribution < -0.4 is 0 Å². The predicted molar refractivity (Wildman–Crippen MR) is 86.0 cm³/mol. The molecule has 2 rings (SSSR count). The molecule has 7 heteroatoms. The van der Waals surface area contributed by atoms with Crippen LogP contribution in [0.2, 0.25) is 0 Å². The monoisotopic (exact) mass is 341 g/mol. The third kappa shape index (κ3) is 3.48. The summed E-state index contributed by atoms with van der Waals surface area (Å²) in [7, 11) is 0. The molecule has 2 N–H and O–H groups in total. The number of fused-ring (bicyclic) bond motifs is 1. The van der Waals surface area contributed by atoms with E-state index in [1.807, 2.05) is 6.08 Å². The fourth-order valence-electron chi connectivity index (χ4n) is 3.49. The number of rotatable bonds is 6. The van der Waals surface area contributed by atoms with Gasteiger partial charge in [-0.05, 0) is 24.8 Å². The molecular formula is C17H27NO6. The molecule has 1 fully saturated rings. The van der Waals surface area contributed by atoms with Crippen LogP contribution in [-0.2, 0) is 19.1 Å². The van der Waals surface area contributed by atoms with Crippen LogP contribution in [0.25, 0.3) is 0 Å². The van der Waals surface area contributed by atoms with Crippen LogP contribution in [0.3, 0.4) is 0 Å². The summed E-state index contributed by atoms with van der Waals surface area (Å²) in [6, 6.07) is -0.0830. The van der Waals surface area contributed by atoms with Crippen LogP contribution in [0.1, 0.15) is 34.1 Å². The normalized spacial score (nSPS) is 27.4. The van der Waals surface area contributed by atoms with Crippen molar-refractivity contribution in [1.29, 1.82) is 0 Å². The minimum Gasteiger partial charge on any atom is -0.460 e. The Morgan fingerprint density at radius 3 is 2.62 bits per heavy atom. The fraction of sp³-hybridized carbons (Fsp3) is 0.765. The van der Waals surface area contributed by atoms with Crippen LogP contribution in [0.5, 0.6) is 0 Å². The quantitative estimate of drug-likeness (QED) is 0.528. The van der Waals surface area contributed by atoms with Crippen LogP contribution in [0.15, 0.2) is 11.6 Å². The van der Waals surface area contributed by atoms with Crippen molar-refractivity contribution < 1.29 is 29.3 Å². The van der Waals surface area contributed by atoms with Gasteiger partial charge in [0.05, 0.1) is 12.1 Å². The third-order valence-electron chi connectivity index (χ3n) is 4.95. The van der Waals surface area contributed by atoms with Crippen molar-refractivity contribution in [3.8, 4) is 0 Å². The van der Waals surface area contributed by atoms with Crippen molar-refractivity contribution in [3.05, 3.63) is 11.6 Å². The van der Waals surface area contributed by atoms with Gasteiger partial charge in [0, 0.05) is 20.0 Å². The molecule has 0 radical (unpaired) electrons. The molecule has 4 atom stereocenters. The smallest absolute Gasteiger partial charge is 0.341 e. The van der Waals surface area contributed by atoms with Gasteiger partial charge in [0.1, 0.15) is 12.7 Å². The van der Waals surface area contributed by atoms with Gasteiger partial charge >= 0.3 is 11.9 Å². The van der Waals surface area contributed by atoms with E-state index in [4.69, 9.17) is 9.47 Å². The summed E-state index contributed by atoms with van der Waals surface area (Å²) in [5, 5.41) is 20.2. The van der Waals surface area contributed by atoms with Gasteiger partial charge in [0.15, 0.2) is 5.60 Å². The number of esters is 2. The molecule has 2 aliphatic heterocycles. The van der Waals surface area contributed by atoms with Crippen molar-refractivity contribution in [2.24, 2.45) is 5.92 Å². The van der Waals surface area contributed by atoms with Gasteiger partial charge in [-0.15, -0.1) is 0 Å². The molecule has 1 saturated heterocycles. The molecule has 0 aromatic heterocycles. The van der Waals surface area contributed by atoms with E-state index in [1.54, 1.807) is 13.8 Å². The second-order valence-corrected chi connectivity index (χ2v) is 6.89. The second-order valence-electron chi connectivity index (χ2n) is 6.89. The molecule has 0 aromatic rings. The molecule has 0 bridgehead atoms. The summed E-state index contributed by atoms with van der Waals surface area (Å²) in [6.45, 7) is 7.61. The Hall–Kier alpha value is -1.44. The highest BCUT2D eigenvalue weighted by molar-refractivity contribution is 5.80. The fourth-order valence-corrected chi connectivity index (χ4v) is 3.49. The van der Waals surface area contributed by atoms with E-state index in [0.29, 0.717) is 0 Å². The molecule has 2 heterocycles. The summed E-state index contributed by atoms with van der Waals surface area (Å²) >= 11 is 0. The number of aliphatic hydroxyl groups excluding tert-OH is 1. The highest BCUT2D eigenvalue weighted by Crippen LogP contribution is 2.32. The van der Waals surface area contributed by atoms with E-state index in [1.165, 1.54) is 13.8 Å². The van der Waals surface area contributed by atoms with Crippen molar-refractivity contribution in [3.63, 3.8) is 0 Å². The van der Waals surface area contributed by atoms with Crippen molar-refractivity contribution >= 4 is 11.9 Å². The minimum absolute atomic E-state index is 0.0134. The SMILES string of the molecule is CC(=O)O[C@@H]1CCN2CC=C(COC(=O)[C@](O)(C(C)C)[C@H](C)O)[C@H]12. The number of nitrogens with zero attached hydrogens (tertiary/aromatic N) is 1. The van der Waals surface area contributed by atoms with Crippen molar-refractivity contribution in [2.75, 3.05) is 19.7 Å². The average Bonchev–Trinajstić information content (AvgIpc) is 3.06. The summed E-state index contributed by atoms with van der Waals surface area (Å²) in [4.78, 5) is 25.7. The Labute approximate surface area is 142 Å². The highest BCUT2D eigenvalue weighted by Gasteiger charge is 2.47. The van der Waals surface area contributed by atoms with Crippen LogP contribution in [0.4, 0.5) is 0 Å². The lowest BCUT2D eigenvalue weighted by Gasteiger charge is -2.32. The number of carbonyl (C=O) groups excluding carboxylic acids is 2. The summed E-state index contributed by atoms with van der Waals surface area (Å²) in [5.74, 6) is -1.65. The van der Waals surface area contributed by atoms with Gasteiger partial charge in [0.25, 0.3) is 0 Å². The zero-order valence-corrected chi connectivity index (χ0v) is 14.7. The minimum atomic E-state index is -1.94. The first kappa shape index (κ1) is 18.9. The molecule has 2 aliphatic rings. The van der Waals surface area contributed by atoms with Gasteiger partial charge in [-0.1, -0.05) is 19.9 Å². The molecule has 0 aliphatic carbocycles. The molecular weight excluding hydrogens is 314 g/mol.